The molecule has 2 nitrogen and oxygen atoms in total. The summed E-state index contributed by atoms with van der Waals surface area (Å²) in [4.78, 5) is 0. The molecule has 0 aromatic rings. The van der Waals surface area contributed by atoms with Gasteiger partial charge in [0, 0.05) is 5.41 Å². The molecule has 21 heavy (non-hydrogen) atoms. The van der Waals surface area contributed by atoms with Gasteiger partial charge in [0.05, 0.1) is 6.10 Å². The molecule has 0 unspecified atom stereocenters. The average Bonchev–Trinajstić information content (AvgIpc) is 3.15. The van der Waals surface area contributed by atoms with E-state index in [0.717, 1.165) is 23.7 Å². The molecular weight excluding hydrogens is 276 g/mol. The second kappa shape index (κ2) is 5.22. The van der Waals surface area contributed by atoms with E-state index >= 15 is 0 Å². The minimum atomic E-state index is -1.70. The third-order valence-electron chi connectivity index (χ3n) is 6.25. The maximum absolute atomic E-state index is 10.9. The Labute approximate surface area is 129 Å². The van der Waals surface area contributed by atoms with Crippen LogP contribution in [0.2, 0.25) is 18.1 Å². The van der Waals surface area contributed by atoms with E-state index in [9.17, 15) is 5.11 Å². The Balaban J connectivity index is 1.97. The first-order chi connectivity index (χ1) is 10.0. The van der Waals surface area contributed by atoms with Crippen molar-refractivity contribution in [3.8, 4) is 0 Å². The molecule has 0 radical (unpaired) electrons. The highest BCUT2D eigenvalue weighted by Crippen LogP contribution is 2.62. The highest BCUT2D eigenvalue weighted by atomic mass is 28.4. The lowest BCUT2D eigenvalue weighted by Gasteiger charge is -2.44. The summed E-state index contributed by atoms with van der Waals surface area (Å²) < 4.78 is 6.78. The van der Waals surface area contributed by atoms with Gasteiger partial charge in [0.15, 0.2) is 8.32 Å². The summed E-state index contributed by atoms with van der Waals surface area (Å²) in [6, 6.07) is 3.44. The van der Waals surface area contributed by atoms with E-state index in [1.807, 2.05) is 0 Å². The summed E-state index contributed by atoms with van der Waals surface area (Å²) in [6.45, 7) is 9.04. The Morgan fingerprint density at radius 2 is 1.86 bits per heavy atom. The van der Waals surface area contributed by atoms with E-state index in [1.54, 1.807) is 0 Å². The second-order valence-corrected chi connectivity index (χ2v) is 11.6. The van der Waals surface area contributed by atoms with Crippen LogP contribution in [0.3, 0.4) is 0 Å². The van der Waals surface area contributed by atoms with Crippen LogP contribution in [0.4, 0.5) is 0 Å². The van der Waals surface area contributed by atoms with Crippen molar-refractivity contribution < 1.29 is 9.53 Å². The van der Waals surface area contributed by atoms with Crippen molar-refractivity contribution in [1.82, 2.24) is 0 Å². The molecule has 116 valence electrons. The van der Waals surface area contributed by atoms with Crippen LogP contribution in [-0.2, 0) is 4.43 Å². The molecule has 3 heteroatoms. The fourth-order valence-electron chi connectivity index (χ4n) is 4.22. The van der Waals surface area contributed by atoms with Crippen LogP contribution in [0, 0.1) is 5.41 Å². The highest BCUT2D eigenvalue weighted by molar-refractivity contribution is 6.73. The minimum Gasteiger partial charge on any atom is -0.410 e. The first-order valence-electron chi connectivity index (χ1n) is 8.49. The third-order valence-corrected chi connectivity index (χ3v) is 10.9. The van der Waals surface area contributed by atoms with Crippen LogP contribution in [0.1, 0.15) is 40.5 Å². The molecule has 0 bridgehead atoms. The van der Waals surface area contributed by atoms with Gasteiger partial charge < -0.3 is 9.53 Å². The van der Waals surface area contributed by atoms with Crippen LogP contribution in [0.5, 0.6) is 0 Å². The molecule has 0 amide bonds. The number of hydrogen-bond donors (Lipinski definition) is 1. The van der Waals surface area contributed by atoms with Crippen LogP contribution in [-0.4, -0.2) is 25.6 Å². The normalized spacial score (nSPS) is 29.9. The summed E-state index contributed by atoms with van der Waals surface area (Å²) in [5, 5.41) is 10.9. The molecular formula is C18H28O2Si. The molecule has 3 aliphatic carbocycles. The van der Waals surface area contributed by atoms with Gasteiger partial charge in [-0.3, -0.25) is 0 Å². The first-order valence-corrected chi connectivity index (χ1v) is 11.0. The van der Waals surface area contributed by atoms with Gasteiger partial charge in [-0.25, -0.2) is 0 Å². The van der Waals surface area contributed by atoms with Crippen molar-refractivity contribution in [3.05, 3.63) is 34.9 Å². The van der Waals surface area contributed by atoms with Gasteiger partial charge in [-0.15, -0.1) is 0 Å². The maximum Gasteiger partial charge on any atom is 0.192 e. The average molecular weight is 305 g/mol. The van der Waals surface area contributed by atoms with Gasteiger partial charge in [-0.05, 0) is 49.0 Å². The fourth-order valence-corrected chi connectivity index (χ4v) is 7.11. The van der Waals surface area contributed by atoms with Crippen LogP contribution in [0.25, 0.3) is 0 Å². The van der Waals surface area contributed by atoms with E-state index in [0.29, 0.717) is 0 Å². The summed E-state index contributed by atoms with van der Waals surface area (Å²) in [7, 11) is -1.70. The Hall–Kier alpha value is -0.643. The molecule has 0 saturated heterocycles. The van der Waals surface area contributed by atoms with Crippen molar-refractivity contribution in [2.45, 2.75) is 70.9 Å². The summed E-state index contributed by atoms with van der Waals surface area (Å²) in [5.74, 6) is 0. The molecule has 1 fully saturated rings. The van der Waals surface area contributed by atoms with Crippen molar-refractivity contribution in [2.24, 2.45) is 5.41 Å². The van der Waals surface area contributed by atoms with Crippen LogP contribution < -0.4 is 0 Å². The number of fused-ring (bicyclic) bond motifs is 1. The Kier molecular flexibility index (Phi) is 3.79. The molecule has 0 aromatic carbocycles. The van der Waals surface area contributed by atoms with Gasteiger partial charge >= 0.3 is 0 Å². The van der Waals surface area contributed by atoms with Crippen molar-refractivity contribution in [1.29, 1.82) is 0 Å². The van der Waals surface area contributed by atoms with E-state index in [4.69, 9.17) is 4.43 Å². The molecule has 0 heterocycles. The first kappa shape index (κ1) is 15.3. The van der Waals surface area contributed by atoms with Gasteiger partial charge in [0.1, 0.15) is 6.10 Å². The second-order valence-electron chi connectivity index (χ2n) is 6.90. The summed E-state index contributed by atoms with van der Waals surface area (Å²) >= 11 is 0. The standard InChI is InChI=1S/C18H28O2Si/c1-5-21(6-2,7-3)20-17-16(19)15-10-8-9-14(15)13(4)18(17)11-12-18/h8-10,16-17,19H,5-7,11-12H2,1-4H3/t16-,17-/m0/s1. The molecule has 3 aliphatic rings. The monoisotopic (exact) mass is 304 g/mol. The smallest absolute Gasteiger partial charge is 0.192 e. The fraction of sp³-hybridized carbons (Fsp3) is 0.667. The lowest BCUT2D eigenvalue weighted by molar-refractivity contribution is 0.00930. The topological polar surface area (TPSA) is 29.5 Å². The van der Waals surface area contributed by atoms with E-state index < -0.39 is 14.4 Å². The van der Waals surface area contributed by atoms with Crippen LogP contribution in [0.15, 0.2) is 34.9 Å². The van der Waals surface area contributed by atoms with Gasteiger partial charge in [0.2, 0.25) is 0 Å². The molecule has 0 aliphatic heterocycles. The van der Waals surface area contributed by atoms with E-state index in [1.165, 1.54) is 24.0 Å². The quantitative estimate of drug-likeness (QED) is 0.765. The summed E-state index contributed by atoms with van der Waals surface area (Å²) in [6.07, 6.45) is 8.19. The predicted molar refractivity (Wildman–Crippen MR) is 89.7 cm³/mol. The number of aliphatic hydroxyl groups excluding tert-OH is 1. The predicted octanol–water partition coefficient (Wildman–Crippen LogP) is 4.34. The number of hydrogen-bond acceptors (Lipinski definition) is 2. The lowest BCUT2D eigenvalue weighted by atomic mass is 9.75. The number of rotatable bonds is 5. The van der Waals surface area contributed by atoms with Crippen molar-refractivity contribution in [3.63, 3.8) is 0 Å². The Morgan fingerprint density at radius 1 is 1.24 bits per heavy atom. The van der Waals surface area contributed by atoms with Gasteiger partial charge in [-0.1, -0.05) is 44.6 Å². The highest BCUT2D eigenvalue weighted by Gasteiger charge is 2.59. The molecule has 0 aromatic heterocycles. The summed E-state index contributed by atoms with van der Waals surface area (Å²) in [5.41, 5.74) is 3.93. The van der Waals surface area contributed by atoms with Gasteiger partial charge in [-0.2, -0.15) is 0 Å². The SMILES string of the molecule is CC[Si](CC)(CC)O[C@H]1[C@@H](O)C2=CC=CC2=C(C)C12CC2. The third kappa shape index (κ3) is 2.13. The Morgan fingerprint density at radius 3 is 2.38 bits per heavy atom. The Bertz CT molecular complexity index is 513. The lowest BCUT2D eigenvalue weighted by Crippen LogP contribution is -2.51. The molecule has 1 N–H and O–H groups in total. The van der Waals surface area contributed by atoms with Crippen molar-refractivity contribution >= 4 is 8.32 Å². The zero-order valence-electron chi connectivity index (χ0n) is 13.8. The number of allylic oxidation sites excluding steroid dienone is 3. The zero-order chi connectivity index (χ0) is 15.3. The number of aliphatic hydroxyl groups is 1. The minimum absolute atomic E-state index is 0.0149. The zero-order valence-corrected chi connectivity index (χ0v) is 14.8. The van der Waals surface area contributed by atoms with Crippen LogP contribution >= 0.6 is 0 Å². The van der Waals surface area contributed by atoms with Gasteiger partial charge in [0.25, 0.3) is 0 Å². The van der Waals surface area contributed by atoms with Crippen molar-refractivity contribution in [2.75, 3.05) is 0 Å². The van der Waals surface area contributed by atoms with E-state index in [-0.39, 0.29) is 11.5 Å². The molecule has 3 rings (SSSR count). The molecule has 2 atom stereocenters. The maximum atomic E-state index is 10.9. The largest absolute Gasteiger partial charge is 0.410 e. The van der Waals surface area contributed by atoms with E-state index in [2.05, 4.69) is 45.9 Å². The molecule has 1 saturated carbocycles. The molecule has 1 spiro atoms.